The minimum atomic E-state index is 0.0564. The van der Waals surface area contributed by atoms with Crippen molar-refractivity contribution >= 4 is 22.9 Å². The first kappa shape index (κ1) is 14.3. The van der Waals surface area contributed by atoms with E-state index in [-0.39, 0.29) is 5.91 Å². The number of hydrogen-bond acceptors (Lipinski definition) is 4. The molecule has 1 aromatic carbocycles. The van der Waals surface area contributed by atoms with Gasteiger partial charge >= 0.3 is 0 Å². The highest BCUT2D eigenvalue weighted by atomic mass is 32.1. The molecule has 0 atom stereocenters. The Kier molecular flexibility index (Phi) is 4.65. The summed E-state index contributed by atoms with van der Waals surface area (Å²) in [5, 5.41) is 8.40. The number of hydrogen-bond donors (Lipinski definition) is 2. The molecule has 2 N–H and O–H groups in total. The molecule has 2 heterocycles. The molecule has 0 bridgehead atoms. The van der Waals surface area contributed by atoms with E-state index in [0.29, 0.717) is 6.54 Å². The number of carbonyl (C=O) groups is 1. The van der Waals surface area contributed by atoms with Crippen molar-refractivity contribution in [1.82, 2.24) is 10.2 Å². The third-order valence-electron chi connectivity index (χ3n) is 3.56. The molecule has 1 fully saturated rings. The van der Waals surface area contributed by atoms with E-state index in [1.807, 2.05) is 30.3 Å². The molecule has 1 aromatic heterocycles. The summed E-state index contributed by atoms with van der Waals surface area (Å²) in [5.41, 5.74) is 1.97. The van der Waals surface area contributed by atoms with Crippen LogP contribution in [0.3, 0.4) is 0 Å². The topological polar surface area (TPSA) is 44.4 Å². The smallest absolute Gasteiger partial charge is 0.238 e. The zero-order valence-corrected chi connectivity index (χ0v) is 12.7. The van der Waals surface area contributed by atoms with Gasteiger partial charge in [0.1, 0.15) is 0 Å². The largest absolute Gasteiger partial charge is 0.324 e. The van der Waals surface area contributed by atoms with Gasteiger partial charge in [-0.15, -0.1) is 11.3 Å². The van der Waals surface area contributed by atoms with Crippen LogP contribution < -0.4 is 10.6 Å². The summed E-state index contributed by atoms with van der Waals surface area (Å²) in [6.07, 6.45) is 0. The maximum absolute atomic E-state index is 12.2. The zero-order valence-electron chi connectivity index (χ0n) is 11.8. The first-order valence-corrected chi connectivity index (χ1v) is 8.07. The van der Waals surface area contributed by atoms with Gasteiger partial charge < -0.3 is 10.6 Å². The summed E-state index contributed by atoms with van der Waals surface area (Å²) in [4.78, 5) is 15.6. The van der Waals surface area contributed by atoms with E-state index >= 15 is 0 Å². The monoisotopic (exact) mass is 301 g/mol. The van der Waals surface area contributed by atoms with E-state index in [0.717, 1.165) is 37.4 Å². The van der Waals surface area contributed by atoms with E-state index in [9.17, 15) is 4.79 Å². The molecule has 3 rings (SSSR count). The average Bonchev–Trinajstić information content (AvgIpc) is 3.03. The van der Waals surface area contributed by atoms with Crippen molar-refractivity contribution in [2.45, 2.75) is 0 Å². The Labute approximate surface area is 128 Å². The number of rotatable bonds is 4. The van der Waals surface area contributed by atoms with Crippen LogP contribution in [0.15, 0.2) is 41.8 Å². The number of carbonyl (C=O) groups excluding carboxylic acids is 1. The van der Waals surface area contributed by atoms with E-state index in [4.69, 9.17) is 0 Å². The number of para-hydroxylation sites is 1. The molecule has 21 heavy (non-hydrogen) atoms. The molecule has 0 aliphatic carbocycles. The molecule has 0 radical (unpaired) electrons. The van der Waals surface area contributed by atoms with Crippen LogP contribution in [-0.2, 0) is 4.79 Å². The third-order valence-corrected chi connectivity index (χ3v) is 4.47. The summed E-state index contributed by atoms with van der Waals surface area (Å²) < 4.78 is 0. The van der Waals surface area contributed by atoms with Crippen molar-refractivity contribution in [2.24, 2.45) is 0 Å². The summed E-state index contributed by atoms with van der Waals surface area (Å²) in [6.45, 7) is 4.23. The fraction of sp³-hybridized carbons (Fsp3) is 0.312. The van der Waals surface area contributed by atoms with Crippen molar-refractivity contribution in [1.29, 1.82) is 0 Å². The van der Waals surface area contributed by atoms with Gasteiger partial charge in [0.05, 0.1) is 6.54 Å². The zero-order chi connectivity index (χ0) is 14.5. The summed E-state index contributed by atoms with van der Waals surface area (Å²) in [6, 6.07) is 12.1. The Morgan fingerprint density at radius 3 is 2.76 bits per heavy atom. The van der Waals surface area contributed by atoms with Crippen LogP contribution in [0.2, 0.25) is 0 Å². The van der Waals surface area contributed by atoms with Gasteiger partial charge in [0.15, 0.2) is 0 Å². The van der Waals surface area contributed by atoms with E-state index in [1.165, 1.54) is 4.88 Å². The van der Waals surface area contributed by atoms with Crippen LogP contribution in [0.25, 0.3) is 10.4 Å². The Morgan fingerprint density at radius 2 is 2.00 bits per heavy atom. The van der Waals surface area contributed by atoms with Crippen LogP contribution >= 0.6 is 11.3 Å². The van der Waals surface area contributed by atoms with E-state index in [2.05, 4.69) is 27.0 Å². The summed E-state index contributed by atoms with van der Waals surface area (Å²) in [7, 11) is 0. The molecule has 4 nitrogen and oxygen atoms in total. The second kappa shape index (κ2) is 6.85. The molecule has 0 spiro atoms. The number of amides is 1. The molecule has 2 aromatic rings. The molecule has 1 amide bonds. The average molecular weight is 301 g/mol. The van der Waals surface area contributed by atoms with Gasteiger partial charge in [-0.05, 0) is 17.5 Å². The van der Waals surface area contributed by atoms with Crippen molar-refractivity contribution in [2.75, 3.05) is 38.0 Å². The highest BCUT2D eigenvalue weighted by molar-refractivity contribution is 7.13. The van der Waals surface area contributed by atoms with Crippen LogP contribution in [0.5, 0.6) is 0 Å². The third kappa shape index (κ3) is 3.69. The maximum atomic E-state index is 12.2. The van der Waals surface area contributed by atoms with E-state index in [1.54, 1.807) is 11.3 Å². The number of benzene rings is 1. The molecule has 0 saturated carbocycles. The van der Waals surface area contributed by atoms with E-state index < -0.39 is 0 Å². The second-order valence-electron chi connectivity index (χ2n) is 5.10. The van der Waals surface area contributed by atoms with Crippen LogP contribution in [-0.4, -0.2) is 43.5 Å². The fourth-order valence-electron chi connectivity index (χ4n) is 2.50. The predicted molar refractivity (Wildman–Crippen MR) is 87.7 cm³/mol. The molecule has 110 valence electrons. The minimum Gasteiger partial charge on any atom is -0.324 e. The van der Waals surface area contributed by atoms with Crippen molar-refractivity contribution in [3.8, 4) is 10.4 Å². The summed E-state index contributed by atoms with van der Waals surface area (Å²) >= 11 is 1.68. The number of thiophene rings is 1. The van der Waals surface area contributed by atoms with Crippen molar-refractivity contribution in [3.63, 3.8) is 0 Å². The number of piperazine rings is 1. The number of anilines is 1. The lowest BCUT2D eigenvalue weighted by atomic mass is 10.1. The lowest BCUT2D eigenvalue weighted by molar-refractivity contribution is -0.117. The molecule has 1 aliphatic rings. The van der Waals surface area contributed by atoms with Gasteiger partial charge in [-0.3, -0.25) is 9.69 Å². The number of nitrogens with one attached hydrogen (secondary N) is 2. The minimum absolute atomic E-state index is 0.0564. The molecular weight excluding hydrogens is 282 g/mol. The molecule has 1 aliphatic heterocycles. The number of nitrogens with zero attached hydrogens (tertiary/aromatic N) is 1. The normalized spacial score (nSPS) is 15.8. The lowest BCUT2D eigenvalue weighted by Crippen LogP contribution is -2.46. The Bertz CT molecular complexity index is 591. The molecule has 1 saturated heterocycles. The van der Waals surface area contributed by atoms with Gasteiger partial charge in [-0.25, -0.2) is 0 Å². The standard InChI is InChI=1S/C16H19N3OS/c20-16(12-19-9-7-17-8-10-19)18-14-5-2-1-4-13(14)15-6-3-11-21-15/h1-6,11,17H,7-10,12H2,(H,18,20). The van der Waals surface area contributed by atoms with Gasteiger partial charge in [-0.2, -0.15) is 0 Å². The van der Waals surface area contributed by atoms with Gasteiger partial charge in [0.25, 0.3) is 0 Å². The molecule has 5 heteroatoms. The fourth-order valence-corrected chi connectivity index (χ4v) is 3.27. The first-order valence-electron chi connectivity index (χ1n) is 7.19. The SMILES string of the molecule is O=C(CN1CCNCC1)Nc1ccccc1-c1cccs1. The van der Waals surface area contributed by atoms with Crippen molar-refractivity contribution in [3.05, 3.63) is 41.8 Å². The van der Waals surface area contributed by atoms with Crippen LogP contribution in [0.1, 0.15) is 0 Å². The van der Waals surface area contributed by atoms with Crippen LogP contribution in [0.4, 0.5) is 5.69 Å². The van der Waals surface area contributed by atoms with Crippen molar-refractivity contribution < 1.29 is 4.79 Å². The predicted octanol–water partition coefficient (Wildman–Crippen LogP) is 2.26. The van der Waals surface area contributed by atoms with Crippen LogP contribution in [0, 0.1) is 0 Å². The lowest BCUT2D eigenvalue weighted by Gasteiger charge is -2.26. The molecule has 0 unspecified atom stereocenters. The highest BCUT2D eigenvalue weighted by Crippen LogP contribution is 2.31. The van der Waals surface area contributed by atoms with Gasteiger partial charge in [-0.1, -0.05) is 24.3 Å². The molecular formula is C16H19N3OS. The van der Waals surface area contributed by atoms with Gasteiger partial charge in [0, 0.05) is 42.3 Å². The first-order chi connectivity index (χ1) is 10.3. The Morgan fingerprint density at radius 1 is 1.19 bits per heavy atom. The summed E-state index contributed by atoms with van der Waals surface area (Å²) in [5.74, 6) is 0.0564. The quantitative estimate of drug-likeness (QED) is 0.910. The van der Waals surface area contributed by atoms with Gasteiger partial charge in [0.2, 0.25) is 5.91 Å². The second-order valence-corrected chi connectivity index (χ2v) is 6.04. The Hall–Kier alpha value is -1.69. The Balaban J connectivity index is 1.68. The maximum Gasteiger partial charge on any atom is 0.238 e. The highest BCUT2D eigenvalue weighted by Gasteiger charge is 2.14.